The van der Waals surface area contributed by atoms with Gasteiger partial charge in [0, 0.05) is 36.6 Å². The first-order chi connectivity index (χ1) is 10.8. The van der Waals surface area contributed by atoms with Crippen LogP contribution < -0.4 is 10.6 Å². The van der Waals surface area contributed by atoms with Crippen LogP contribution in [-0.2, 0) is 11.2 Å². The maximum Gasteiger partial charge on any atom is 0.227 e. The molecule has 0 aromatic carbocycles. The molecule has 22 heavy (non-hydrogen) atoms. The number of rotatable bonds is 4. The molecule has 2 aliphatic rings. The van der Waals surface area contributed by atoms with Gasteiger partial charge in [-0.3, -0.25) is 0 Å². The number of morpholine rings is 1. The van der Waals surface area contributed by atoms with Crippen molar-refractivity contribution in [3.05, 3.63) is 41.4 Å². The van der Waals surface area contributed by atoms with Crippen LogP contribution >= 0.6 is 0 Å². The molecule has 5 nitrogen and oxygen atoms in total. The Balaban J connectivity index is 1.59. The molecule has 1 aliphatic carbocycles. The molecule has 5 heteroatoms. The molecule has 2 heterocycles. The molecule has 1 aromatic rings. The second-order valence-electron chi connectivity index (χ2n) is 5.81. The lowest BCUT2D eigenvalue weighted by atomic mass is 9.93. The molecule has 1 fully saturated rings. The van der Waals surface area contributed by atoms with Crippen LogP contribution in [0, 0.1) is 12.8 Å². The van der Waals surface area contributed by atoms with Crippen LogP contribution in [0.4, 0.5) is 5.95 Å². The molecule has 0 spiro atoms. The molecular weight excluding hydrogens is 276 g/mol. The number of nitrogens with one attached hydrogen (secondary N) is 2. The van der Waals surface area contributed by atoms with E-state index in [0.29, 0.717) is 11.9 Å². The van der Waals surface area contributed by atoms with Crippen molar-refractivity contribution in [2.24, 2.45) is 5.92 Å². The average molecular weight is 300 g/mol. The van der Waals surface area contributed by atoms with E-state index < -0.39 is 0 Å². The van der Waals surface area contributed by atoms with E-state index in [0.717, 1.165) is 43.9 Å². The molecular formula is C17H24N4O. The van der Waals surface area contributed by atoms with E-state index in [1.54, 1.807) is 0 Å². The minimum Gasteiger partial charge on any atom is -0.375 e. The number of nitrogens with zero attached hydrogens (tertiary/aromatic N) is 2. The SMILES string of the molecule is CCc1cnc(NC2=CCC([C@H]3CNCCO3)C=C2)nc1C. The number of hydrogen-bond acceptors (Lipinski definition) is 5. The molecule has 0 amide bonds. The minimum atomic E-state index is 0.283. The fourth-order valence-electron chi connectivity index (χ4n) is 2.89. The van der Waals surface area contributed by atoms with Gasteiger partial charge in [-0.25, -0.2) is 9.97 Å². The first-order valence-corrected chi connectivity index (χ1v) is 8.06. The lowest BCUT2D eigenvalue weighted by Crippen LogP contribution is -2.42. The third kappa shape index (κ3) is 3.54. The number of aryl methyl sites for hydroxylation is 2. The molecule has 1 aliphatic heterocycles. The summed E-state index contributed by atoms with van der Waals surface area (Å²) in [5.41, 5.74) is 3.30. The van der Waals surface area contributed by atoms with Gasteiger partial charge >= 0.3 is 0 Å². The van der Waals surface area contributed by atoms with E-state index in [1.165, 1.54) is 5.56 Å². The Kier molecular flexibility index (Phi) is 4.85. The Labute approximate surface area is 131 Å². The molecule has 1 aromatic heterocycles. The van der Waals surface area contributed by atoms with Crippen LogP contribution in [0.1, 0.15) is 24.6 Å². The highest BCUT2D eigenvalue weighted by Gasteiger charge is 2.23. The number of anilines is 1. The van der Waals surface area contributed by atoms with Crippen LogP contribution in [0.2, 0.25) is 0 Å². The van der Waals surface area contributed by atoms with Gasteiger partial charge in [0.2, 0.25) is 5.95 Å². The van der Waals surface area contributed by atoms with Crippen LogP contribution in [-0.4, -0.2) is 35.8 Å². The Morgan fingerprint density at radius 3 is 3.00 bits per heavy atom. The van der Waals surface area contributed by atoms with E-state index in [-0.39, 0.29) is 6.10 Å². The standard InChI is InChI=1S/C17H24N4O/c1-3-13-10-19-17(20-12(13)2)21-15-6-4-14(5-7-15)16-11-18-8-9-22-16/h4,6-7,10,14,16,18H,3,5,8-9,11H2,1-2H3,(H,19,20,21)/t14?,16-/m1/s1. The number of aromatic nitrogens is 2. The van der Waals surface area contributed by atoms with Gasteiger partial charge in [0.1, 0.15) is 0 Å². The lowest BCUT2D eigenvalue weighted by molar-refractivity contribution is 0.00355. The molecule has 2 atom stereocenters. The van der Waals surface area contributed by atoms with Crippen LogP contribution in [0.25, 0.3) is 0 Å². The van der Waals surface area contributed by atoms with Crippen molar-refractivity contribution >= 4 is 5.95 Å². The first-order valence-electron chi connectivity index (χ1n) is 8.06. The largest absolute Gasteiger partial charge is 0.375 e. The zero-order chi connectivity index (χ0) is 15.4. The van der Waals surface area contributed by atoms with Crippen LogP contribution in [0.15, 0.2) is 30.1 Å². The predicted molar refractivity (Wildman–Crippen MR) is 87.7 cm³/mol. The molecule has 3 rings (SSSR count). The van der Waals surface area contributed by atoms with Crippen molar-refractivity contribution in [3.63, 3.8) is 0 Å². The van der Waals surface area contributed by atoms with E-state index in [1.807, 2.05) is 13.1 Å². The first kappa shape index (κ1) is 15.2. The average Bonchev–Trinajstić information content (AvgIpc) is 2.57. The van der Waals surface area contributed by atoms with Crippen molar-refractivity contribution in [1.29, 1.82) is 0 Å². The summed E-state index contributed by atoms with van der Waals surface area (Å²) in [4.78, 5) is 8.90. The van der Waals surface area contributed by atoms with Crippen molar-refractivity contribution in [3.8, 4) is 0 Å². The van der Waals surface area contributed by atoms with E-state index in [4.69, 9.17) is 4.74 Å². The summed E-state index contributed by atoms with van der Waals surface area (Å²) in [7, 11) is 0. The van der Waals surface area contributed by atoms with E-state index in [9.17, 15) is 0 Å². The molecule has 2 N–H and O–H groups in total. The van der Waals surface area contributed by atoms with Gasteiger partial charge in [0.15, 0.2) is 0 Å². The summed E-state index contributed by atoms with van der Waals surface area (Å²) >= 11 is 0. The summed E-state index contributed by atoms with van der Waals surface area (Å²) in [6.45, 7) is 6.85. The molecule has 118 valence electrons. The smallest absolute Gasteiger partial charge is 0.227 e. The third-order valence-corrected chi connectivity index (χ3v) is 4.28. The highest BCUT2D eigenvalue weighted by Crippen LogP contribution is 2.23. The molecule has 0 saturated carbocycles. The lowest BCUT2D eigenvalue weighted by Gasteiger charge is -2.30. The molecule has 1 saturated heterocycles. The molecule has 0 bridgehead atoms. The summed E-state index contributed by atoms with van der Waals surface area (Å²) in [5, 5.41) is 6.68. The third-order valence-electron chi connectivity index (χ3n) is 4.28. The monoisotopic (exact) mass is 300 g/mol. The maximum atomic E-state index is 5.82. The quantitative estimate of drug-likeness (QED) is 0.893. The summed E-state index contributed by atoms with van der Waals surface area (Å²) < 4.78 is 5.82. The van der Waals surface area contributed by atoms with Crippen molar-refractivity contribution in [1.82, 2.24) is 15.3 Å². The van der Waals surface area contributed by atoms with Gasteiger partial charge in [0.05, 0.1) is 12.7 Å². The van der Waals surface area contributed by atoms with Gasteiger partial charge in [0.25, 0.3) is 0 Å². The Hall–Kier alpha value is -1.72. The summed E-state index contributed by atoms with van der Waals surface area (Å²) in [6, 6.07) is 0. The number of ether oxygens (including phenoxy) is 1. The summed E-state index contributed by atoms with van der Waals surface area (Å²) in [5.74, 6) is 1.11. The fourth-order valence-corrected chi connectivity index (χ4v) is 2.89. The Morgan fingerprint density at radius 1 is 1.45 bits per heavy atom. The van der Waals surface area contributed by atoms with Gasteiger partial charge in [-0.1, -0.05) is 19.1 Å². The predicted octanol–water partition coefficient (Wildman–Crippen LogP) is 2.21. The van der Waals surface area contributed by atoms with Gasteiger partial charge in [-0.2, -0.15) is 0 Å². The van der Waals surface area contributed by atoms with Gasteiger partial charge in [-0.15, -0.1) is 0 Å². The van der Waals surface area contributed by atoms with Gasteiger partial charge in [-0.05, 0) is 31.4 Å². The maximum absolute atomic E-state index is 5.82. The highest BCUT2D eigenvalue weighted by molar-refractivity contribution is 5.42. The van der Waals surface area contributed by atoms with E-state index in [2.05, 4.69) is 45.8 Å². The van der Waals surface area contributed by atoms with Gasteiger partial charge < -0.3 is 15.4 Å². The topological polar surface area (TPSA) is 59.1 Å². The number of hydrogen-bond donors (Lipinski definition) is 2. The zero-order valence-electron chi connectivity index (χ0n) is 13.3. The Morgan fingerprint density at radius 2 is 2.36 bits per heavy atom. The fraction of sp³-hybridized carbons (Fsp3) is 0.529. The van der Waals surface area contributed by atoms with Crippen LogP contribution in [0.5, 0.6) is 0 Å². The van der Waals surface area contributed by atoms with Crippen LogP contribution in [0.3, 0.4) is 0 Å². The van der Waals surface area contributed by atoms with E-state index >= 15 is 0 Å². The van der Waals surface area contributed by atoms with Crippen molar-refractivity contribution in [2.75, 3.05) is 25.0 Å². The minimum absolute atomic E-state index is 0.283. The van der Waals surface area contributed by atoms with Crippen molar-refractivity contribution < 1.29 is 4.74 Å². The highest BCUT2D eigenvalue weighted by atomic mass is 16.5. The number of allylic oxidation sites excluding steroid dienone is 2. The van der Waals surface area contributed by atoms with Crippen molar-refractivity contribution in [2.45, 2.75) is 32.8 Å². The molecule has 0 radical (unpaired) electrons. The second-order valence-corrected chi connectivity index (χ2v) is 5.81. The summed E-state index contributed by atoms with van der Waals surface area (Å²) in [6.07, 6.45) is 10.7. The second kappa shape index (κ2) is 7.03. The molecule has 1 unspecified atom stereocenters. The normalized spacial score (nSPS) is 24.9. The zero-order valence-corrected chi connectivity index (χ0v) is 13.3. The Bertz CT molecular complexity index is 576.